The van der Waals surface area contributed by atoms with Crippen LogP contribution in [0.4, 0.5) is 4.39 Å². The Morgan fingerprint density at radius 1 is 0.881 bits per heavy atom. The Morgan fingerprint density at radius 2 is 1.52 bits per heavy atom. The van der Waals surface area contributed by atoms with Gasteiger partial charge in [-0.25, -0.2) is 4.39 Å². The number of hydrogen-bond donors (Lipinski definition) is 1. The minimum atomic E-state index is -0.369. The molecule has 1 N–H and O–H groups in total. The highest BCUT2D eigenvalue weighted by atomic mass is 35.5. The Bertz CT molecular complexity index is 1400. The van der Waals surface area contributed by atoms with Crippen molar-refractivity contribution in [3.8, 4) is 0 Å². The molecule has 0 bridgehead atoms. The number of piperidine rings is 1. The molecule has 42 heavy (non-hydrogen) atoms. The molecule has 2 aliphatic rings. The molecular formula is C34H37ClFN3O3. The van der Waals surface area contributed by atoms with Gasteiger partial charge in [0.1, 0.15) is 5.82 Å². The van der Waals surface area contributed by atoms with Gasteiger partial charge in [-0.2, -0.15) is 0 Å². The number of aryl methyl sites for hydroxylation is 1. The third-order valence-corrected chi connectivity index (χ3v) is 8.77. The van der Waals surface area contributed by atoms with Gasteiger partial charge in [-0.15, -0.1) is 0 Å². The summed E-state index contributed by atoms with van der Waals surface area (Å²) in [4.78, 5) is 43.3. The van der Waals surface area contributed by atoms with Crippen molar-refractivity contribution in [3.63, 3.8) is 0 Å². The fourth-order valence-corrected chi connectivity index (χ4v) is 6.23. The van der Waals surface area contributed by atoms with Gasteiger partial charge in [0, 0.05) is 53.8 Å². The molecule has 0 aromatic heterocycles. The summed E-state index contributed by atoms with van der Waals surface area (Å²) < 4.78 is 13.5. The predicted octanol–water partition coefficient (Wildman–Crippen LogP) is 6.41. The van der Waals surface area contributed by atoms with E-state index >= 15 is 0 Å². The standard InChI is InChI=1S/C34H37ClFN3O3/c1-23-3-2-4-24(21-23)22-39(34(42)27-7-11-29(36)12-8-27)31-15-13-30(14-16-31)37-32(40)25-17-19-38(20-18-25)33(41)26-5-9-28(35)10-6-26/h2-12,21,25,30-31H,13-20,22H2,1H3,(H,37,40). The molecule has 2 fully saturated rings. The van der Waals surface area contributed by atoms with E-state index in [4.69, 9.17) is 11.6 Å². The highest BCUT2D eigenvalue weighted by molar-refractivity contribution is 6.30. The number of amides is 3. The van der Waals surface area contributed by atoms with Gasteiger partial charge in [0.25, 0.3) is 11.8 Å². The summed E-state index contributed by atoms with van der Waals surface area (Å²) in [6.45, 7) is 3.61. The number of halogens is 2. The van der Waals surface area contributed by atoms with Crippen molar-refractivity contribution >= 4 is 29.3 Å². The molecule has 8 heteroatoms. The maximum atomic E-state index is 13.6. The topological polar surface area (TPSA) is 69.7 Å². The Balaban J connectivity index is 1.15. The fourth-order valence-electron chi connectivity index (χ4n) is 6.10. The van der Waals surface area contributed by atoms with Crippen LogP contribution in [0.2, 0.25) is 5.02 Å². The summed E-state index contributed by atoms with van der Waals surface area (Å²) in [6.07, 6.45) is 4.39. The number of nitrogens with zero attached hydrogens (tertiary/aromatic N) is 2. The summed E-state index contributed by atoms with van der Waals surface area (Å²) >= 11 is 5.94. The maximum absolute atomic E-state index is 13.6. The van der Waals surface area contributed by atoms with Crippen LogP contribution >= 0.6 is 11.6 Å². The molecule has 3 aromatic carbocycles. The SMILES string of the molecule is Cc1cccc(CN(C(=O)c2ccc(F)cc2)C2CCC(NC(=O)C3CCN(C(=O)c4ccc(Cl)cc4)CC3)CC2)c1. The Morgan fingerprint density at radius 3 is 2.17 bits per heavy atom. The summed E-state index contributed by atoms with van der Waals surface area (Å²) in [6, 6.07) is 20.8. The quantitative estimate of drug-likeness (QED) is 0.346. The average molecular weight is 590 g/mol. The van der Waals surface area contributed by atoms with Gasteiger partial charge >= 0.3 is 0 Å². The van der Waals surface area contributed by atoms with E-state index in [0.717, 1.165) is 36.8 Å². The highest BCUT2D eigenvalue weighted by Crippen LogP contribution is 2.28. The summed E-state index contributed by atoms with van der Waals surface area (Å²) in [5, 5.41) is 3.84. The lowest BCUT2D eigenvalue weighted by atomic mass is 9.88. The summed E-state index contributed by atoms with van der Waals surface area (Å²) in [5.41, 5.74) is 3.27. The number of likely N-dealkylation sites (tertiary alicyclic amines) is 1. The van der Waals surface area contributed by atoms with E-state index in [0.29, 0.717) is 48.6 Å². The molecule has 220 valence electrons. The van der Waals surface area contributed by atoms with Crippen LogP contribution in [-0.4, -0.2) is 52.7 Å². The highest BCUT2D eigenvalue weighted by Gasteiger charge is 2.33. The fraction of sp³-hybridized carbons (Fsp3) is 0.382. The molecule has 1 aliphatic heterocycles. The van der Waals surface area contributed by atoms with Gasteiger partial charge in [0.2, 0.25) is 5.91 Å². The first kappa shape index (κ1) is 29.8. The third-order valence-electron chi connectivity index (χ3n) is 8.52. The first-order valence-corrected chi connectivity index (χ1v) is 15.1. The second-order valence-electron chi connectivity index (χ2n) is 11.5. The molecule has 3 aromatic rings. The molecule has 1 saturated carbocycles. The number of benzene rings is 3. The van der Waals surface area contributed by atoms with Gasteiger partial charge in [-0.3, -0.25) is 14.4 Å². The number of hydrogen-bond acceptors (Lipinski definition) is 3. The van der Waals surface area contributed by atoms with Gasteiger partial charge in [0.15, 0.2) is 0 Å². The van der Waals surface area contributed by atoms with Crippen molar-refractivity contribution in [2.75, 3.05) is 13.1 Å². The minimum absolute atomic E-state index is 0.0262. The molecule has 0 radical (unpaired) electrons. The molecule has 0 atom stereocenters. The van der Waals surface area contributed by atoms with Crippen LogP contribution in [0.25, 0.3) is 0 Å². The lowest BCUT2D eigenvalue weighted by Gasteiger charge is -2.38. The first-order valence-electron chi connectivity index (χ1n) is 14.7. The molecule has 6 nitrogen and oxygen atoms in total. The van der Waals surface area contributed by atoms with Crippen molar-refractivity contribution in [1.82, 2.24) is 15.1 Å². The second-order valence-corrected chi connectivity index (χ2v) is 12.0. The predicted molar refractivity (Wildman–Crippen MR) is 162 cm³/mol. The minimum Gasteiger partial charge on any atom is -0.353 e. The second kappa shape index (κ2) is 13.5. The summed E-state index contributed by atoms with van der Waals surface area (Å²) in [5.74, 6) is -0.573. The smallest absolute Gasteiger partial charge is 0.254 e. The Kier molecular flexibility index (Phi) is 9.58. The normalized spacial score (nSPS) is 19.3. The van der Waals surface area contributed by atoms with Crippen molar-refractivity contribution in [2.24, 2.45) is 5.92 Å². The van der Waals surface area contributed by atoms with Crippen LogP contribution in [0.5, 0.6) is 0 Å². The van der Waals surface area contributed by atoms with Crippen molar-refractivity contribution < 1.29 is 18.8 Å². The van der Waals surface area contributed by atoms with Gasteiger partial charge in [0.05, 0.1) is 0 Å². The lowest BCUT2D eigenvalue weighted by Crippen LogP contribution is -2.48. The molecule has 1 saturated heterocycles. The molecule has 0 unspecified atom stereocenters. The zero-order chi connectivity index (χ0) is 29.6. The first-order chi connectivity index (χ1) is 20.3. The van der Waals surface area contributed by atoms with Crippen molar-refractivity contribution in [1.29, 1.82) is 0 Å². The third kappa shape index (κ3) is 7.37. The average Bonchev–Trinajstić information content (AvgIpc) is 3.00. The van der Waals surface area contributed by atoms with Crippen LogP contribution in [0.3, 0.4) is 0 Å². The van der Waals surface area contributed by atoms with E-state index in [1.807, 2.05) is 30.0 Å². The number of rotatable bonds is 7. The van der Waals surface area contributed by atoms with Gasteiger partial charge in [-0.05, 0) is 99.5 Å². The summed E-state index contributed by atoms with van der Waals surface area (Å²) in [7, 11) is 0. The number of carbonyl (C=O) groups is 3. The number of nitrogens with one attached hydrogen (secondary N) is 1. The van der Waals surface area contributed by atoms with E-state index in [1.165, 1.54) is 12.1 Å². The zero-order valence-corrected chi connectivity index (χ0v) is 24.7. The molecule has 1 heterocycles. The molecule has 1 aliphatic carbocycles. The van der Waals surface area contributed by atoms with Crippen molar-refractivity contribution in [2.45, 2.75) is 64.1 Å². The lowest BCUT2D eigenvalue weighted by molar-refractivity contribution is -0.127. The van der Waals surface area contributed by atoms with Crippen LogP contribution in [-0.2, 0) is 11.3 Å². The van der Waals surface area contributed by atoms with E-state index in [1.54, 1.807) is 41.3 Å². The van der Waals surface area contributed by atoms with Crippen LogP contribution in [0, 0.1) is 18.7 Å². The van der Waals surface area contributed by atoms with Crippen LogP contribution in [0.15, 0.2) is 72.8 Å². The molecule has 0 spiro atoms. The largest absolute Gasteiger partial charge is 0.353 e. The Labute approximate surface area is 251 Å². The van der Waals surface area contributed by atoms with Gasteiger partial charge in [-0.1, -0.05) is 41.4 Å². The van der Waals surface area contributed by atoms with E-state index in [-0.39, 0.29) is 41.5 Å². The van der Waals surface area contributed by atoms with E-state index in [9.17, 15) is 18.8 Å². The van der Waals surface area contributed by atoms with Gasteiger partial charge < -0.3 is 15.1 Å². The maximum Gasteiger partial charge on any atom is 0.254 e. The van der Waals surface area contributed by atoms with E-state index in [2.05, 4.69) is 11.4 Å². The Hall–Kier alpha value is -3.71. The monoisotopic (exact) mass is 589 g/mol. The molecule has 5 rings (SSSR count). The number of carbonyl (C=O) groups excluding carboxylic acids is 3. The van der Waals surface area contributed by atoms with E-state index < -0.39 is 0 Å². The van der Waals surface area contributed by atoms with Crippen LogP contribution in [0.1, 0.15) is 70.4 Å². The van der Waals surface area contributed by atoms with Crippen molar-refractivity contribution in [3.05, 3.63) is 106 Å². The molecular weight excluding hydrogens is 553 g/mol. The zero-order valence-electron chi connectivity index (χ0n) is 23.9. The van der Waals surface area contributed by atoms with Crippen LogP contribution < -0.4 is 5.32 Å². The molecule has 3 amide bonds.